The van der Waals surface area contributed by atoms with E-state index in [1.807, 2.05) is 17.0 Å². The Balaban J connectivity index is 1.68. The Morgan fingerprint density at radius 3 is 2.81 bits per heavy atom. The lowest BCUT2D eigenvalue weighted by atomic mass is 9.93. The standard InChI is InChI=1S/C17H23N3O/c1-2-9-19-10-12-20(13-11-19)17(21)16-15-6-4-3-5-14(15)7-8-18-16/h2-6,16,18H,1,7-13H2. The Hall–Kier alpha value is -1.65. The molecule has 1 saturated heterocycles. The van der Waals surface area contributed by atoms with Crippen LogP contribution in [-0.4, -0.2) is 55.0 Å². The van der Waals surface area contributed by atoms with Crippen LogP contribution in [0.5, 0.6) is 0 Å². The summed E-state index contributed by atoms with van der Waals surface area (Å²) in [6.45, 7) is 9.06. The predicted molar refractivity (Wildman–Crippen MR) is 84.1 cm³/mol. The third kappa shape index (κ3) is 3.01. The van der Waals surface area contributed by atoms with Crippen LogP contribution in [0.25, 0.3) is 0 Å². The van der Waals surface area contributed by atoms with E-state index in [4.69, 9.17) is 0 Å². The lowest BCUT2D eigenvalue weighted by Gasteiger charge is -2.37. The molecule has 4 nitrogen and oxygen atoms in total. The third-order valence-corrected chi connectivity index (χ3v) is 4.43. The van der Waals surface area contributed by atoms with Gasteiger partial charge in [0.25, 0.3) is 0 Å². The molecule has 0 bridgehead atoms. The SMILES string of the molecule is C=CCN1CCN(C(=O)C2NCCc3ccccc32)CC1. The van der Waals surface area contributed by atoms with Crippen LogP contribution in [0.2, 0.25) is 0 Å². The van der Waals surface area contributed by atoms with Gasteiger partial charge >= 0.3 is 0 Å². The highest BCUT2D eigenvalue weighted by Gasteiger charge is 2.30. The number of rotatable bonds is 3. The summed E-state index contributed by atoms with van der Waals surface area (Å²) >= 11 is 0. The molecule has 0 spiro atoms. The number of nitrogens with zero attached hydrogens (tertiary/aromatic N) is 2. The van der Waals surface area contributed by atoms with E-state index >= 15 is 0 Å². The molecule has 0 saturated carbocycles. The molecule has 0 radical (unpaired) electrons. The summed E-state index contributed by atoms with van der Waals surface area (Å²) in [5.41, 5.74) is 2.46. The zero-order chi connectivity index (χ0) is 14.7. The van der Waals surface area contributed by atoms with Gasteiger partial charge in [-0.05, 0) is 17.5 Å². The third-order valence-electron chi connectivity index (χ3n) is 4.43. The molecule has 0 aliphatic carbocycles. The summed E-state index contributed by atoms with van der Waals surface area (Å²) < 4.78 is 0. The first-order valence-corrected chi connectivity index (χ1v) is 7.73. The molecule has 112 valence electrons. The smallest absolute Gasteiger partial charge is 0.244 e. The molecule has 1 N–H and O–H groups in total. The maximum atomic E-state index is 12.8. The topological polar surface area (TPSA) is 35.6 Å². The molecule has 2 aliphatic rings. The monoisotopic (exact) mass is 285 g/mol. The molecule has 1 amide bonds. The fourth-order valence-corrected chi connectivity index (χ4v) is 3.24. The second-order valence-corrected chi connectivity index (χ2v) is 5.75. The fraction of sp³-hybridized carbons (Fsp3) is 0.471. The van der Waals surface area contributed by atoms with E-state index < -0.39 is 0 Å². The number of carbonyl (C=O) groups excluding carboxylic acids is 1. The molecular weight excluding hydrogens is 262 g/mol. The highest BCUT2D eigenvalue weighted by molar-refractivity contribution is 5.84. The molecule has 3 rings (SSSR count). The largest absolute Gasteiger partial charge is 0.338 e. The number of fused-ring (bicyclic) bond motifs is 1. The minimum atomic E-state index is -0.166. The Morgan fingerprint density at radius 1 is 1.29 bits per heavy atom. The molecule has 2 aliphatic heterocycles. The minimum absolute atomic E-state index is 0.166. The summed E-state index contributed by atoms with van der Waals surface area (Å²) in [6.07, 6.45) is 2.93. The number of benzene rings is 1. The number of hydrogen-bond acceptors (Lipinski definition) is 3. The highest BCUT2D eigenvalue weighted by atomic mass is 16.2. The van der Waals surface area contributed by atoms with E-state index in [9.17, 15) is 4.79 Å². The van der Waals surface area contributed by atoms with Gasteiger partial charge in [0.2, 0.25) is 5.91 Å². The van der Waals surface area contributed by atoms with Gasteiger partial charge in [0, 0.05) is 39.3 Å². The number of carbonyl (C=O) groups is 1. The molecule has 4 heteroatoms. The Kier molecular flexibility index (Phi) is 4.36. The maximum absolute atomic E-state index is 12.8. The molecule has 2 heterocycles. The number of nitrogens with one attached hydrogen (secondary N) is 1. The van der Waals surface area contributed by atoms with Crippen molar-refractivity contribution in [3.8, 4) is 0 Å². The zero-order valence-electron chi connectivity index (χ0n) is 12.4. The van der Waals surface area contributed by atoms with Crippen LogP contribution in [-0.2, 0) is 11.2 Å². The van der Waals surface area contributed by atoms with Crippen molar-refractivity contribution >= 4 is 5.91 Å². The number of hydrogen-bond donors (Lipinski definition) is 1. The minimum Gasteiger partial charge on any atom is -0.338 e. The summed E-state index contributed by atoms with van der Waals surface area (Å²) in [5.74, 6) is 0.223. The molecule has 1 aromatic rings. The van der Waals surface area contributed by atoms with E-state index in [2.05, 4.69) is 35.0 Å². The lowest BCUT2D eigenvalue weighted by molar-refractivity contribution is -0.135. The summed E-state index contributed by atoms with van der Waals surface area (Å²) in [4.78, 5) is 17.1. The van der Waals surface area contributed by atoms with Crippen LogP contribution in [0.3, 0.4) is 0 Å². The fourth-order valence-electron chi connectivity index (χ4n) is 3.24. The molecule has 1 aromatic carbocycles. The van der Waals surface area contributed by atoms with Crippen molar-refractivity contribution in [1.82, 2.24) is 15.1 Å². The van der Waals surface area contributed by atoms with Crippen molar-refractivity contribution in [2.75, 3.05) is 39.3 Å². The number of amides is 1. The summed E-state index contributed by atoms with van der Waals surface area (Å²) in [5, 5.41) is 3.39. The number of piperazine rings is 1. The van der Waals surface area contributed by atoms with E-state index in [1.54, 1.807) is 0 Å². The molecule has 1 atom stereocenters. The van der Waals surface area contributed by atoms with Gasteiger partial charge in [-0.25, -0.2) is 0 Å². The van der Waals surface area contributed by atoms with E-state index in [0.29, 0.717) is 0 Å². The second kappa shape index (κ2) is 6.41. The second-order valence-electron chi connectivity index (χ2n) is 5.75. The first kappa shape index (κ1) is 14.3. The van der Waals surface area contributed by atoms with Gasteiger partial charge in [-0.15, -0.1) is 6.58 Å². The van der Waals surface area contributed by atoms with E-state index in [1.165, 1.54) is 5.56 Å². The van der Waals surface area contributed by atoms with Crippen molar-refractivity contribution in [1.29, 1.82) is 0 Å². The van der Waals surface area contributed by atoms with Gasteiger partial charge < -0.3 is 10.2 Å². The van der Waals surface area contributed by atoms with Crippen LogP contribution in [0, 0.1) is 0 Å². The maximum Gasteiger partial charge on any atom is 0.244 e. The first-order chi connectivity index (χ1) is 10.3. The van der Waals surface area contributed by atoms with E-state index in [-0.39, 0.29) is 11.9 Å². The van der Waals surface area contributed by atoms with Crippen LogP contribution < -0.4 is 5.32 Å². The van der Waals surface area contributed by atoms with Crippen LogP contribution >= 0.6 is 0 Å². The Labute approximate surface area is 126 Å². The molecule has 21 heavy (non-hydrogen) atoms. The molecule has 1 unspecified atom stereocenters. The van der Waals surface area contributed by atoms with Crippen molar-refractivity contribution < 1.29 is 4.79 Å². The van der Waals surface area contributed by atoms with Crippen molar-refractivity contribution in [2.45, 2.75) is 12.5 Å². The average molecular weight is 285 g/mol. The Morgan fingerprint density at radius 2 is 2.05 bits per heavy atom. The first-order valence-electron chi connectivity index (χ1n) is 7.73. The van der Waals surface area contributed by atoms with Gasteiger partial charge in [0.15, 0.2) is 0 Å². The van der Waals surface area contributed by atoms with Gasteiger partial charge in [-0.1, -0.05) is 30.3 Å². The summed E-state index contributed by atoms with van der Waals surface area (Å²) in [7, 11) is 0. The normalized spacial score (nSPS) is 22.7. The van der Waals surface area contributed by atoms with Gasteiger partial charge in [-0.2, -0.15) is 0 Å². The Bertz CT molecular complexity index is 521. The van der Waals surface area contributed by atoms with Crippen LogP contribution in [0.4, 0.5) is 0 Å². The predicted octanol–water partition coefficient (Wildman–Crippen LogP) is 1.20. The average Bonchev–Trinajstić information content (AvgIpc) is 2.55. The molecular formula is C17H23N3O. The van der Waals surface area contributed by atoms with Crippen molar-refractivity contribution in [3.63, 3.8) is 0 Å². The van der Waals surface area contributed by atoms with Gasteiger partial charge in [0.05, 0.1) is 0 Å². The molecule has 0 aromatic heterocycles. The van der Waals surface area contributed by atoms with Gasteiger partial charge in [-0.3, -0.25) is 9.69 Å². The van der Waals surface area contributed by atoms with E-state index in [0.717, 1.165) is 51.3 Å². The molecule has 1 fully saturated rings. The quantitative estimate of drug-likeness (QED) is 0.848. The highest BCUT2D eigenvalue weighted by Crippen LogP contribution is 2.24. The van der Waals surface area contributed by atoms with Crippen LogP contribution in [0.15, 0.2) is 36.9 Å². The van der Waals surface area contributed by atoms with Crippen molar-refractivity contribution in [3.05, 3.63) is 48.0 Å². The van der Waals surface area contributed by atoms with Crippen LogP contribution in [0.1, 0.15) is 17.2 Å². The lowest BCUT2D eigenvalue weighted by Crippen LogP contribution is -2.52. The summed E-state index contributed by atoms with van der Waals surface area (Å²) in [6, 6.07) is 8.13. The van der Waals surface area contributed by atoms with Gasteiger partial charge in [0.1, 0.15) is 6.04 Å². The van der Waals surface area contributed by atoms with Crippen molar-refractivity contribution in [2.24, 2.45) is 0 Å². The zero-order valence-corrected chi connectivity index (χ0v) is 12.4.